The van der Waals surface area contributed by atoms with Crippen molar-refractivity contribution in [3.05, 3.63) is 40.8 Å². The number of carbonyl (C=O) groups is 1. The molecule has 2 aromatic heterocycles. The van der Waals surface area contributed by atoms with Crippen LogP contribution >= 0.6 is 0 Å². The van der Waals surface area contributed by atoms with Crippen LogP contribution in [0.15, 0.2) is 18.3 Å². The van der Waals surface area contributed by atoms with Crippen LogP contribution in [-0.4, -0.2) is 33.8 Å². The van der Waals surface area contributed by atoms with Gasteiger partial charge in [-0.2, -0.15) is 18.3 Å². The SMILES string of the molecule is Cc1nn(C)c(C)c1C(=O)NCCNc1ccc(C(F)(F)F)cn1. The summed E-state index contributed by atoms with van der Waals surface area (Å²) in [7, 11) is 1.76. The fraction of sp³-hybridized carbons (Fsp3) is 0.400. The van der Waals surface area contributed by atoms with Crippen LogP contribution < -0.4 is 10.6 Å². The van der Waals surface area contributed by atoms with Gasteiger partial charge in [0, 0.05) is 32.0 Å². The van der Waals surface area contributed by atoms with Gasteiger partial charge in [-0.05, 0) is 26.0 Å². The van der Waals surface area contributed by atoms with Crippen LogP contribution in [0, 0.1) is 13.8 Å². The molecule has 2 rings (SSSR count). The van der Waals surface area contributed by atoms with Crippen LogP contribution in [0.5, 0.6) is 0 Å². The summed E-state index contributed by atoms with van der Waals surface area (Å²) in [6, 6.07) is 2.20. The first-order valence-corrected chi connectivity index (χ1v) is 7.25. The molecule has 0 saturated carbocycles. The highest BCUT2D eigenvalue weighted by atomic mass is 19.4. The minimum atomic E-state index is -4.40. The van der Waals surface area contributed by atoms with Crippen LogP contribution in [0.1, 0.15) is 27.3 Å². The number of halogens is 3. The van der Waals surface area contributed by atoms with E-state index in [0.29, 0.717) is 30.2 Å². The Balaban J connectivity index is 1.83. The average molecular weight is 341 g/mol. The molecule has 0 aromatic carbocycles. The van der Waals surface area contributed by atoms with Crippen LogP contribution in [0.3, 0.4) is 0 Å². The van der Waals surface area contributed by atoms with Crippen LogP contribution in [0.4, 0.5) is 19.0 Å². The Morgan fingerprint density at radius 2 is 1.96 bits per heavy atom. The molecule has 2 heterocycles. The fourth-order valence-corrected chi connectivity index (χ4v) is 2.22. The molecule has 0 fully saturated rings. The summed E-state index contributed by atoms with van der Waals surface area (Å²) in [6.45, 7) is 4.20. The monoisotopic (exact) mass is 341 g/mol. The number of amides is 1. The molecule has 0 radical (unpaired) electrons. The number of aryl methyl sites for hydroxylation is 2. The zero-order chi connectivity index (χ0) is 17.9. The lowest BCUT2D eigenvalue weighted by Gasteiger charge is -2.09. The van der Waals surface area contributed by atoms with E-state index in [0.717, 1.165) is 18.0 Å². The Hall–Kier alpha value is -2.58. The number of alkyl halides is 3. The Morgan fingerprint density at radius 1 is 1.25 bits per heavy atom. The second-order valence-electron chi connectivity index (χ2n) is 5.28. The number of aromatic nitrogens is 3. The predicted octanol–water partition coefficient (Wildman–Crippen LogP) is 2.29. The van der Waals surface area contributed by atoms with E-state index in [4.69, 9.17) is 0 Å². The second kappa shape index (κ2) is 6.90. The molecule has 2 aromatic rings. The van der Waals surface area contributed by atoms with Crippen molar-refractivity contribution in [2.45, 2.75) is 20.0 Å². The number of nitrogens with one attached hydrogen (secondary N) is 2. The largest absolute Gasteiger partial charge is 0.417 e. The molecule has 0 aliphatic heterocycles. The summed E-state index contributed by atoms with van der Waals surface area (Å²) in [5, 5.41) is 9.76. The van der Waals surface area contributed by atoms with Gasteiger partial charge in [0.15, 0.2) is 0 Å². The van der Waals surface area contributed by atoms with Gasteiger partial charge >= 0.3 is 6.18 Å². The maximum atomic E-state index is 12.4. The smallest absolute Gasteiger partial charge is 0.368 e. The molecule has 130 valence electrons. The van der Waals surface area contributed by atoms with E-state index >= 15 is 0 Å². The van der Waals surface area contributed by atoms with E-state index < -0.39 is 11.7 Å². The lowest BCUT2D eigenvalue weighted by Crippen LogP contribution is -2.29. The van der Waals surface area contributed by atoms with Gasteiger partial charge in [0.25, 0.3) is 5.91 Å². The van der Waals surface area contributed by atoms with Gasteiger partial charge in [-0.25, -0.2) is 4.98 Å². The maximum Gasteiger partial charge on any atom is 0.417 e. The maximum absolute atomic E-state index is 12.4. The molecular weight excluding hydrogens is 323 g/mol. The minimum absolute atomic E-state index is 0.236. The minimum Gasteiger partial charge on any atom is -0.368 e. The van der Waals surface area contributed by atoms with E-state index in [9.17, 15) is 18.0 Å². The number of hydrogen-bond donors (Lipinski definition) is 2. The first kappa shape index (κ1) is 17.8. The zero-order valence-electron chi connectivity index (χ0n) is 13.5. The van der Waals surface area contributed by atoms with Crippen LogP contribution in [0.25, 0.3) is 0 Å². The summed E-state index contributed by atoms with van der Waals surface area (Å²) in [4.78, 5) is 15.8. The van der Waals surface area contributed by atoms with E-state index in [1.54, 1.807) is 25.6 Å². The molecule has 0 aliphatic rings. The highest BCUT2D eigenvalue weighted by Crippen LogP contribution is 2.28. The molecule has 0 saturated heterocycles. The number of hydrogen-bond acceptors (Lipinski definition) is 4. The molecule has 0 bridgehead atoms. The zero-order valence-corrected chi connectivity index (χ0v) is 13.5. The third-order valence-corrected chi connectivity index (χ3v) is 3.54. The lowest BCUT2D eigenvalue weighted by molar-refractivity contribution is -0.137. The van der Waals surface area contributed by atoms with Gasteiger partial charge in [0.2, 0.25) is 0 Å². The van der Waals surface area contributed by atoms with E-state index in [-0.39, 0.29) is 5.91 Å². The molecule has 0 aliphatic carbocycles. The third kappa shape index (κ3) is 4.03. The number of nitrogens with zero attached hydrogens (tertiary/aromatic N) is 3. The number of pyridine rings is 1. The van der Waals surface area contributed by atoms with Gasteiger partial charge in [-0.15, -0.1) is 0 Å². The summed E-state index contributed by atoms with van der Waals surface area (Å²) in [5.74, 6) is 0.0752. The van der Waals surface area contributed by atoms with Crippen molar-refractivity contribution >= 4 is 11.7 Å². The third-order valence-electron chi connectivity index (χ3n) is 3.54. The first-order valence-electron chi connectivity index (χ1n) is 7.25. The number of carbonyl (C=O) groups excluding carboxylic acids is 1. The topological polar surface area (TPSA) is 71.8 Å². The summed E-state index contributed by atoms with van der Waals surface area (Å²) in [5.41, 5.74) is 1.14. The first-order chi connectivity index (χ1) is 11.2. The van der Waals surface area contributed by atoms with Crippen molar-refractivity contribution in [1.29, 1.82) is 0 Å². The second-order valence-corrected chi connectivity index (χ2v) is 5.28. The van der Waals surface area contributed by atoms with Crippen molar-refractivity contribution in [1.82, 2.24) is 20.1 Å². The Kier molecular flexibility index (Phi) is 5.10. The fourth-order valence-electron chi connectivity index (χ4n) is 2.22. The van der Waals surface area contributed by atoms with E-state index in [1.807, 2.05) is 0 Å². The predicted molar refractivity (Wildman–Crippen MR) is 82.7 cm³/mol. The van der Waals surface area contributed by atoms with Gasteiger partial charge in [0.05, 0.1) is 16.8 Å². The molecule has 0 spiro atoms. The van der Waals surface area contributed by atoms with Crippen molar-refractivity contribution in [2.24, 2.45) is 7.05 Å². The quantitative estimate of drug-likeness (QED) is 0.819. The summed E-state index contributed by atoms with van der Waals surface area (Å²) >= 11 is 0. The lowest BCUT2D eigenvalue weighted by atomic mass is 10.2. The normalized spacial score (nSPS) is 11.4. The van der Waals surface area contributed by atoms with Gasteiger partial charge in [0.1, 0.15) is 5.82 Å². The molecular formula is C15H18F3N5O. The van der Waals surface area contributed by atoms with Crippen LogP contribution in [-0.2, 0) is 13.2 Å². The molecule has 1 amide bonds. The molecule has 24 heavy (non-hydrogen) atoms. The number of rotatable bonds is 5. The van der Waals surface area contributed by atoms with Crippen LogP contribution in [0.2, 0.25) is 0 Å². The summed E-state index contributed by atoms with van der Waals surface area (Å²) in [6.07, 6.45) is -3.64. The van der Waals surface area contributed by atoms with Gasteiger partial charge < -0.3 is 10.6 Å². The summed E-state index contributed by atoms with van der Waals surface area (Å²) < 4.78 is 38.9. The molecule has 2 N–H and O–H groups in total. The van der Waals surface area contributed by atoms with Crippen molar-refractivity contribution in [3.63, 3.8) is 0 Å². The van der Waals surface area contributed by atoms with Crippen molar-refractivity contribution in [2.75, 3.05) is 18.4 Å². The Labute approximate surface area is 137 Å². The molecule has 0 unspecified atom stereocenters. The highest BCUT2D eigenvalue weighted by molar-refractivity contribution is 5.96. The number of anilines is 1. The molecule has 0 atom stereocenters. The van der Waals surface area contributed by atoms with Crippen molar-refractivity contribution in [3.8, 4) is 0 Å². The Morgan fingerprint density at radius 3 is 2.46 bits per heavy atom. The molecule has 6 nitrogen and oxygen atoms in total. The standard InChI is InChI=1S/C15H18F3N5O/c1-9-13(10(2)23(3)22-9)14(24)20-7-6-19-12-5-4-11(8-21-12)15(16,17)18/h4-5,8H,6-7H2,1-3H3,(H,19,21)(H,20,24). The molecule has 9 heteroatoms. The highest BCUT2D eigenvalue weighted by Gasteiger charge is 2.30. The van der Waals surface area contributed by atoms with Gasteiger partial charge in [-0.3, -0.25) is 9.48 Å². The average Bonchev–Trinajstić information content (AvgIpc) is 2.76. The van der Waals surface area contributed by atoms with Gasteiger partial charge in [-0.1, -0.05) is 0 Å². The van der Waals surface area contributed by atoms with Crippen molar-refractivity contribution < 1.29 is 18.0 Å². The van der Waals surface area contributed by atoms with E-state index in [2.05, 4.69) is 20.7 Å². The Bertz CT molecular complexity index is 722. The van der Waals surface area contributed by atoms with E-state index in [1.165, 1.54) is 6.07 Å².